The third kappa shape index (κ3) is 4.11. The van der Waals surface area contributed by atoms with Gasteiger partial charge in [0.1, 0.15) is 11.6 Å². The van der Waals surface area contributed by atoms with E-state index in [4.69, 9.17) is 9.15 Å². The molecule has 3 rings (SSSR count). The second-order valence-corrected chi connectivity index (χ2v) is 5.83. The summed E-state index contributed by atoms with van der Waals surface area (Å²) in [5.74, 6) is -1.79. The topological polar surface area (TPSA) is 59.8 Å². The van der Waals surface area contributed by atoms with Crippen LogP contribution in [0.1, 0.15) is 22.5 Å². The van der Waals surface area contributed by atoms with E-state index in [-0.39, 0.29) is 42.5 Å². The first kappa shape index (κ1) is 17.3. The van der Waals surface area contributed by atoms with E-state index in [2.05, 4.69) is 0 Å². The lowest BCUT2D eigenvalue weighted by Crippen LogP contribution is -2.50. The van der Waals surface area contributed by atoms with Gasteiger partial charge in [-0.05, 0) is 23.8 Å². The van der Waals surface area contributed by atoms with Crippen molar-refractivity contribution in [1.29, 1.82) is 0 Å². The Morgan fingerprint density at radius 3 is 2.80 bits per heavy atom. The Bertz CT molecular complexity index is 760. The maximum absolute atomic E-state index is 13.8. The van der Waals surface area contributed by atoms with Gasteiger partial charge < -0.3 is 14.1 Å². The third-order valence-electron chi connectivity index (χ3n) is 4.12. The van der Waals surface area contributed by atoms with E-state index in [0.29, 0.717) is 13.2 Å². The molecule has 1 aromatic carbocycles. The highest BCUT2D eigenvalue weighted by Crippen LogP contribution is 2.18. The summed E-state index contributed by atoms with van der Waals surface area (Å²) >= 11 is 0. The number of hydrogen-bond acceptors (Lipinski definition) is 4. The van der Waals surface area contributed by atoms with Gasteiger partial charge in [-0.15, -0.1) is 0 Å². The number of rotatable bonds is 5. The number of Topliss-reactive ketones (excluding diaryl/α,β-unsaturated/α-hetero) is 1. The normalized spacial score (nSPS) is 17.5. The number of morpholine rings is 1. The molecule has 1 fully saturated rings. The fourth-order valence-corrected chi connectivity index (χ4v) is 2.83. The molecule has 5 nitrogen and oxygen atoms in total. The summed E-state index contributed by atoms with van der Waals surface area (Å²) in [5.41, 5.74) is 0.119. The monoisotopic (exact) mass is 349 g/mol. The van der Waals surface area contributed by atoms with Gasteiger partial charge >= 0.3 is 0 Å². The van der Waals surface area contributed by atoms with Gasteiger partial charge in [0.15, 0.2) is 11.5 Å². The zero-order chi connectivity index (χ0) is 17.8. The van der Waals surface area contributed by atoms with Crippen LogP contribution in [-0.2, 0) is 16.0 Å². The average molecular weight is 349 g/mol. The zero-order valence-corrected chi connectivity index (χ0v) is 13.4. The molecule has 25 heavy (non-hydrogen) atoms. The summed E-state index contributed by atoms with van der Waals surface area (Å²) in [6.07, 6.45) is 1.27. The SMILES string of the molecule is O=C(C[C@@H]1COCCN1C(=O)Cc1ccc(F)cc1F)c1ccco1. The van der Waals surface area contributed by atoms with E-state index < -0.39 is 17.7 Å². The lowest BCUT2D eigenvalue weighted by atomic mass is 10.0. The Hall–Kier alpha value is -2.54. The predicted molar refractivity (Wildman–Crippen MR) is 84.0 cm³/mol. The summed E-state index contributed by atoms with van der Waals surface area (Å²) in [6, 6.07) is 5.86. The first-order valence-electron chi connectivity index (χ1n) is 7.92. The van der Waals surface area contributed by atoms with Crippen LogP contribution in [0.25, 0.3) is 0 Å². The molecule has 2 heterocycles. The lowest BCUT2D eigenvalue weighted by Gasteiger charge is -2.35. The summed E-state index contributed by atoms with van der Waals surface area (Å²) in [6.45, 7) is 0.894. The molecule has 0 saturated carbocycles. The molecule has 1 saturated heterocycles. The highest BCUT2D eigenvalue weighted by atomic mass is 19.1. The van der Waals surface area contributed by atoms with Crippen LogP contribution >= 0.6 is 0 Å². The van der Waals surface area contributed by atoms with E-state index in [0.717, 1.165) is 12.1 Å². The van der Waals surface area contributed by atoms with Gasteiger partial charge in [0.05, 0.1) is 31.9 Å². The minimum Gasteiger partial charge on any atom is -0.461 e. The standard InChI is InChI=1S/C18H17F2NO4/c19-13-4-3-12(15(20)9-13)8-18(23)21-5-7-24-11-14(21)10-16(22)17-2-1-6-25-17/h1-4,6,9,14H,5,7-8,10-11H2/t14-/m1/s1. The number of ether oxygens (including phenoxy) is 1. The number of carbonyl (C=O) groups excluding carboxylic acids is 2. The first-order chi connectivity index (χ1) is 12.0. The molecule has 0 aliphatic carbocycles. The average Bonchev–Trinajstić information content (AvgIpc) is 3.12. The summed E-state index contributed by atoms with van der Waals surface area (Å²) < 4.78 is 37.2. The van der Waals surface area contributed by atoms with Crippen molar-refractivity contribution < 1.29 is 27.5 Å². The fourth-order valence-electron chi connectivity index (χ4n) is 2.83. The summed E-state index contributed by atoms with van der Waals surface area (Å²) in [5, 5.41) is 0. The Kier molecular flexibility index (Phi) is 5.23. The van der Waals surface area contributed by atoms with Crippen LogP contribution in [0.5, 0.6) is 0 Å². The van der Waals surface area contributed by atoms with Crippen LogP contribution in [0.3, 0.4) is 0 Å². The van der Waals surface area contributed by atoms with E-state index >= 15 is 0 Å². The van der Waals surface area contributed by atoms with Crippen molar-refractivity contribution in [2.45, 2.75) is 18.9 Å². The fraction of sp³-hybridized carbons (Fsp3) is 0.333. The number of furan rings is 1. The van der Waals surface area contributed by atoms with Crippen LogP contribution in [0.2, 0.25) is 0 Å². The maximum Gasteiger partial charge on any atom is 0.227 e. The van der Waals surface area contributed by atoms with E-state index in [9.17, 15) is 18.4 Å². The predicted octanol–water partition coefficient (Wildman–Crippen LogP) is 2.60. The largest absolute Gasteiger partial charge is 0.461 e. The molecular formula is C18H17F2NO4. The second-order valence-electron chi connectivity index (χ2n) is 5.83. The Balaban J connectivity index is 1.69. The van der Waals surface area contributed by atoms with Gasteiger partial charge in [-0.3, -0.25) is 9.59 Å². The number of halogens is 2. The van der Waals surface area contributed by atoms with Crippen LogP contribution in [0, 0.1) is 11.6 Å². The minimum atomic E-state index is -0.759. The second kappa shape index (κ2) is 7.57. The molecule has 0 radical (unpaired) electrons. The summed E-state index contributed by atoms with van der Waals surface area (Å²) in [7, 11) is 0. The molecule has 1 amide bonds. The smallest absolute Gasteiger partial charge is 0.227 e. The quantitative estimate of drug-likeness (QED) is 0.779. The molecule has 2 aromatic rings. The van der Waals surface area contributed by atoms with Gasteiger partial charge in [-0.25, -0.2) is 8.78 Å². The van der Waals surface area contributed by atoms with Crippen molar-refractivity contribution in [3.05, 3.63) is 59.6 Å². The van der Waals surface area contributed by atoms with Crippen LogP contribution in [0.4, 0.5) is 8.78 Å². The Labute approximate surface area is 143 Å². The van der Waals surface area contributed by atoms with E-state index in [1.807, 2.05) is 0 Å². The van der Waals surface area contributed by atoms with Crippen LogP contribution in [0.15, 0.2) is 41.0 Å². The molecule has 0 spiro atoms. The van der Waals surface area contributed by atoms with Gasteiger partial charge in [0.2, 0.25) is 5.91 Å². The number of nitrogens with zero attached hydrogens (tertiary/aromatic N) is 1. The molecule has 1 aliphatic rings. The zero-order valence-electron chi connectivity index (χ0n) is 13.4. The van der Waals surface area contributed by atoms with Gasteiger partial charge in [-0.2, -0.15) is 0 Å². The molecular weight excluding hydrogens is 332 g/mol. The van der Waals surface area contributed by atoms with E-state index in [1.165, 1.54) is 17.2 Å². The number of carbonyl (C=O) groups is 2. The third-order valence-corrected chi connectivity index (χ3v) is 4.12. The Morgan fingerprint density at radius 1 is 1.24 bits per heavy atom. The summed E-state index contributed by atoms with van der Waals surface area (Å²) in [4.78, 5) is 26.3. The number of ketones is 1. The molecule has 132 valence electrons. The number of amides is 1. The number of benzene rings is 1. The maximum atomic E-state index is 13.8. The van der Waals surface area contributed by atoms with E-state index in [1.54, 1.807) is 12.1 Å². The molecule has 0 N–H and O–H groups in total. The van der Waals surface area contributed by atoms with Gasteiger partial charge in [-0.1, -0.05) is 6.07 Å². The van der Waals surface area contributed by atoms with Crippen molar-refractivity contribution in [2.75, 3.05) is 19.8 Å². The van der Waals surface area contributed by atoms with Crippen molar-refractivity contribution in [3.8, 4) is 0 Å². The molecule has 1 aromatic heterocycles. The highest BCUT2D eigenvalue weighted by molar-refractivity contribution is 5.94. The number of hydrogen-bond donors (Lipinski definition) is 0. The Morgan fingerprint density at radius 2 is 2.08 bits per heavy atom. The highest BCUT2D eigenvalue weighted by Gasteiger charge is 2.30. The van der Waals surface area contributed by atoms with Gasteiger partial charge in [0.25, 0.3) is 0 Å². The van der Waals surface area contributed by atoms with Gasteiger partial charge in [0, 0.05) is 19.0 Å². The van der Waals surface area contributed by atoms with Crippen molar-refractivity contribution in [3.63, 3.8) is 0 Å². The first-order valence-corrected chi connectivity index (χ1v) is 7.92. The molecule has 1 aliphatic heterocycles. The molecule has 7 heteroatoms. The molecule has 0 unspecified atom stereocenters. The molecule has 1 atom stereocenters. The molecule has 0 bridgehead atoms. The van der Waals surface area contributed by atoms with Crippen LogP contribution < -0.4 is 0 Å². The lowest BCUT2D eigenvalue weighted by molar-refractivity contribution is -0.139. The van der Waals surface area contributed by atoms with Crippen molar-refractivity contribution >= 4 is 11.7 Å². The van der Waals surface area contributed by atoms with Crippen molar-refractivity contribution in [1.82, 2.24) is 4.90 Å². The van der Waals surface area contributed by atoms with Crippen LogP contribution in [-0.4, -0.2) is 42.4 Å². The minimum absolute atomic E-state index is 0.0607. The van der Waals surface area contributed by atoms with Crippen molar-refractivity contribution in [2.24, 2.45) is 0 Å².